The normalized spacial score (nSPS) is 10.4. The molecule has 1 amide bonds. The maximum Gasteiger partial charge on any atom is 0.412 e. The molecule has 6 nitrogen and oxygen atoms in total. The molecule has 31 heavy (non-hydrogen) atoms. The second kappa shape index (κ2) is 12.1. The van der Waals surface area contributed by atoms with Gasteiger partial charge in [-0.3, -0.25) is 5.32 Å². The number of nitrogens with one attached hydrogen (secondary N) is 1. The minimum absolute atomic E-state index is 0.250. The van der Waals surface area contributed by atoms with Gasteiger partial charge in [-0.2, -0.15) is 14.0 Å². The van der Waals surface area contributed by atoms with Gasteiger partial charge in [0.05, 0.1) is 11.4 Å². The number of amides is 1. The van der Waals surface area contributed by atoms with Crippen LogP contribution in [-0.2, 0) is 20.7 Å². The third kappa shape index (κ3) is 7.23. The Balaban J connectivity index is 0.00000107. The molecule has 1 aromatic heterocycles. The van der Waals surface area contributed by atoms with Gasteiger partial charge >= 0.3 is 12.2 Å². The molecule has 7 heteroatoms. The molecule has 0 fully saturated rings. The van der Waals surface area contributed by atoms with E-state index in [-0.39, 0.29) is 12.3 Å². The first-order chi connectivity index (χ1) is 15.0. The van der Waals surface area contributed by atoms with Crippen LogP contribution in [0.5, 0.6) is 0 Å². The Bertz CT molecular complexity index is 1090. The molecular formula is C24H22N2O4S. The van der Waals surface area contributed by atoms with E-state index in [0.717, 1.165) is 23.2 Å². The van der Waals surface area contributed by atoms with Crippen molar-refractivity contribution < 1.29 is 19.1 Å². The highest BCUT2D eigenvalue weighted by Crippen LogP contribution is 2.25. The Labute approximate surface area is 185 Å². The number of aryl methyl sites for hydroxylation is 2. The third-order valence-electron chi connectivity index (χ3n) is 4.33. The van der Waals surface area contributed by atoms with Crippen molar-refractivity contribution in [1.82, 2.24) is 4.37 Å². The van der Waals surface area contributed by atoms with E-state index in [2.05, 4.69) is 40.6 Å². The molecule has 0 aliphatic heterocycles. The smallest absolute Gasteiger partial charge is 0.412 e. The number of anilines is 1. The molecule has 0 radical (unpaired) electrons. The molecule has 1 N–H and O–H groups in total. The molecule has 2 aromatic carbocycles. The Morgan fingerprint density at radius 3 is 2.35 bits per heavy atom. The Hall–Kier alpha value is -3.72. The minimum atomic E-state index is -0.519. The average Bonchev–Trinajstić information content (AvgIpc) is 3.13. The molecule has 0 aliphatic carbocycles. The highest BCUT2D eigenvalue weighted by atomic mass is 32.1. The summed E-state index contributed by atoms with van der Waals surface area (Å²) in [5, 5.41) is 2.80. The second-order valence-corrected chi connectivity index (χ2v) is 7.21. The number of carbonyl (C=O) groups is 1. The molecule has 1 heterocycles. The topological polar surface area (TPSA) is 85.4 Å². The van der Waals surface area contributed by atoms with Crippen LogP contribution in [0.1, 0.15) is 47.2 Å². The van der Waals surface area contributed by atoms with E-state index < -0.39 is 6.09 Å². The molecule has 3 rings (SSSR count). The summed E-state index contributed by atoms with van der Waals surface area (Å²) in [7, 11) is 0. The summed E-state index contributed by atoms with van der Waals surface area (Å²) in [5.74, 6) is 6.25. The molecule has 0 bridgehead atoms. The quantitative estimate of drug-likeness (QED) is 0.575. The fourth-order valence-electron chi connectivity index (χ4n) is 2.64. The van der Waals surface area contributed by atoms with Crippen molar-refractivity contribution in [3.05, 3.63) is 81.9 Å². The van der Waals surface area contributed by atoms with Crippen molar-refractivity contribution in [2.75, 3.05) is 5.32 Å². The highest BCUT2D eigenvalue weighted by molar-refractivity contribution is 7.07. The van der Waals surface area contributed by atoms with Crippen LogP contribution in [0.4, 0.5) is 10.5 Å². The van der Waals surface area contributed by atoms with Crippen molar-refractivity contribution in [3.63, 3.8) is 0 Å². The van der Waals surface area contributed by atoms with Crippen molar-refractivity contribution in [2.45, 2.75) is 33.3 Å². The summed E-state index contributed by atoms with van der Waals surface area (Å²) >= 11 is 1.27. The van der Waals surface area contributed by atoms with Gasteiger partial charge in [-0.05, 0) is 61.0 Å². The number of hydrogen-bond acceptors (Lipinski definition) is 6. The zero-order valence-electron chi connectivity index (χ0n) is 17.5. The first kappa shape index (κ1) is 23.6. The van der Waals surface area contributed by atoms with Crippen LogP contribution in [0.2, 0.25) is 0 Å². The first-order valence-corrected chi connectivity index (χ1v) is 10.3. The Kier molecular flexibility index (Phi) is 9.18. The standard InChI is InChI=1S/C23H22N2O2S.CO2/c1-4-18-10-12-19(13-11-18)14-15-21-22(16(2)25-28-21)24-23(26)27-17(3)20-8-6-5-7-9-20;2-1-3/h5-13,17H,4H2,1-3H3,(H,24,26);/t17-;/m1./s1. The Morgan fingerprint density at radius 2 is 1.74 bits per heavy atom. The molecule has 0 saturated heterocycles. The van der Waals surface area contributed by atoms with E-state index in [4.69, 9.17) is 14.3 Å². The van der Waals surface area contributed by atoms with Gasteiger partial charge in [0.25, 0.3) is 0 Å². The van der Waals surface area contributed by atoms with E-state index in [1.54, 1.807) is 0 Å². The summed E-state index contributed by atoms with van der Waals surface area (Å²) in [6, 6.07) is 17.8. The van der Waals surface area contributed by atoms with Gasteiger partial charge in [0.1, 0.15) is 11.0 Å². The Morgan fingerprint density at radius 1 is 1.10 bits per heavy atom. The summed E-state index contributed by atoms with van der Waals surface area (Å²) in [6.07, 6.45) is 0.383. The minimum Gasteiger partial charge on any atom is -0.441 e. The molecule has 0 spiro atoms. The summed E-state index contributed by atoms with van der Waals surface area (Å²) in [5.41, 5.74) is 4.47. The van der Waals surface area contributed by atoms with Crippen molar-refractivity contribution in [3.8, 4) is 11.8 Å². The van der Waals surface area contributed by atoms with Crippen LogP contribution in [0, 0.1) is 18.8 Å². The molecule has 0 saturated carbocycles. The van der Waals surface area contributed by atoms with Crippen LogP contribution in [-0.4, -0.2) is 16.6 Å². The number of rotatable bonds is 4. The monoisotopic (exact) mass is 434 g/mol. The predicted molar refractivity (Wildman–Crippen MR) is 119 cm³/mol. The molecule has 3 aromatic rings. The van der Waals surface area contributed by atoms with Gasteiger partial charge < -0.3 is 4.74 Å². The van der Waals surface area contributed by atoms with E-state index >= 15 is 0 Å². The lowest BCUT2D eigenvalue weighted by Crippen LogP contribution is -2.16. The SMILES string of the molecule is CCc1ccc(C#Cc2snc(C)c2NC(=O)O[C@H](C)c2ccccc2)cc1.O=C=O. The van der Waals surface area contributed by atoms with Gasteiger partial charge in [-0.1, -0.05) is 55.3 Å². The molecule has 158 valence electrons. The van der Waals surface area contributed by atoms with Gasteiger partial charge in [0.15, 0.2) is 0 Å². The number of carbonyl (C=O) groups excluding carboxylic acids is 3. The summed E-state index contributed by atoms with van der Waals surface area (Å²) in [4.78, 5) is 29.3. The fourth-order valence-corrected chi connectivity index (χ4v) is 3.35. The van der Waals surface area contributed by atoms with E-state index in [1.807, 2.05) is 56.3 Å². The largest absolute Gasteiger partial charge is 0.441 e. The van der Waals surface area contributed by atoms with Crippen LogP contribution in [0.3, 0.4) is 0 Å². The predicted octanol–water partition coefficient (Wildman–Crippen LogP) is 5.14. The molecule has 0 unspecified atom stereocenters. The zero-order chi connectivity index (χ0) is 22.6. The number of nitrogens with zero attached hydrogens (tertiary/aromatic N) is 1. The molecule has 1 atom stereocenters. The number of ether oxygens (including phenoxy) is 1. The lowest BCUT2D eigenvalue weighted by atomic mass is 10.1. The van der Waals surface area contributed by atoms with E-state index in [1.165, 1.54) is 17.1 Å². The van der Waals surface area contributed by atoms with Crippen molar-refractivity contribution in [2.24, 2.45) is 0 Å². The van der Waals surface area contributed by atoms with Gasteiger partial charge in [0, 0.05) is 5.56 Å². The van der Waals surface area contributed by atoms with Crippen LogP contribution in [0.15, 0.2) is 54.6 Å². The van der Waals surface area contributed by atoms with Gasteiger partial charge in [0.2, 0.25) is 0 Å². The van der Waals surface area contributed by atoms with Crippen LogP contribution >= 0.6 is 11.5 Å². The highest BCUT2D eigenvalue weighted by Gasteiger charge is 2.16. The molecular weight excluding hydrogens is 412 g/mol. The van der Waals surface area contributed by atoms with Crippen molar-refractivity contribution >= 4 is 29.5 Å². The second-order valence-electron chi connectivity index (χ2n) is 6.44. The molecule has 0 aliphatic rings. The first-order valence-electron chi connectivity index (χ1n) is 9.57. The maximum atomic E-state index is 12.3. The van der Waals surface area contributed by atoms with E-state index in [9.17, 15) is 4.79 Å². The van der Waals surface area contributed by atoms with Gasteiger partial charge in [-0.25, -0.2) is 4.79 Å². The van der Waals surface area contributed by atoms with E-state index in [0.29, 0.717) is 10.6 Å². The van der Waals surface area contributed by atoms with Crippen LogP contribution < -0.4 is 5.32 Å². The maximum absolute atomic E-state index is 12.3. The lowest BCUT2D eigenvalue weighted by molar-refractivity contribution is -0.191. The number of aromatic nitrogens is 1. The van der Waals surface area contributed by atoms with Crippen LogP contribution in [0.25, 0.3) is 0 Å². The summed E-state index contributed by atoms with van der Waals surface area (Å²) in [6.45, 7) is 5.80. The number of hydrogen-bond donors (Lipinski definition) is 1. The van der Waals surface area contributed by atoms with Crippen molar-refractivity contribution in [1.29, 1.82) is 0 Å². The fraction of sp³-hybridized carbons (Fsp3) is 0.208. The van der Waals surface area contributed by atoms with Gasteiger partial charge in [-0.15, -0.1) is 0 Å². The zero-order valence-corrected chi connectivity index (χ0v) is 18.3. The summed E-state index contributed by atoms with van der Waals surface area (Å²) < 4.78 is 9.80. The number of benzene rings is 2. The third-order valence-corrected chi connectivity index (χ3v) is 5.18. The lowest BCUT2D eigenvalue weighted by Gasteiger charge is -2.14. The average molecular weight is 435 g/mol.